The zero-order valence-corrected chi connectivity index (χ0v) is 12.1. The van der Waals surface area contributed by atoms with E-state index in [0.29, 0.717) is 17.3 Å². The van der Waals surface area contributed by atoms with Gasteiger partial charge in [0.15, 0.2) is 0 Å². The van der Waals surface area contributed by atoms with Gasteiger partial charge in [-0.3, -0.25) is 0 Å². The van der Waals surface area contributed by atoms with Gasteiger partial charge in [0.25, 0.3) is 0 Å². The van der Waals surface area contributed by atoms with Crippen LogP contribution in [-0.2, 0) is 19.0 Å². The number of alkyl halides is 3. The van der Waals surface area contributed by atoms with E-state index in [1.165, 1.54) is 12.1 Å². The van der Waals surface area contributed by atoms with Crippen LogP contribution in [0.15, 0.2) is 18.2 Å². The van der Waals surface area contributed by atoms with E-state index >= 15 is 0 Å². The number of hydrogen-bond donors (Lipinski definition) is 1. The lowest BCUT2D eigenvalue weighted by atomic mass is 10.0. The summed E-state index contributed by atoms with van der Waals surface area (Å²) in [5, 5.41) is 0.373. The fraction of sp³-hybridized carbons (Fsp3) is 0.500. The number of benzene rings is 1. The maximum absolute atomic E-state index is 13.2. The lowest BCUT2D eigenvalue weighted by Crippen LogP contribution is -2.27. The van der Waals surface area contributed by atoms with Gasteiger partial charge in [0.05, 0.1) is 5.56 Å². The van der Waals surface area contributed by atoms with E-state index in [1.807, 2.05) is 0 Å². The number of hydrogen-bond acceptors (Lipinski definition) is 1. The third kappa shape index (κ3) is 2.67. The Bertz CT molecular complexity index is 643. The van der Waals surface area contributed by atoms with Gasteiger partial charge in [-0.05, 0) is 37.1 Å². The molecule has 2 heterocycles. The van der Waals surface area contributed by atoms with E-state index in [9.17, 15) is 13.2 Å². The molecule has 1 aliphatic heterocycles. The van der Waals surface area contributed by atoms with Crippen LogP contribution in [0.5, 0.6) is 0 Å². The predicted octanol–water partition coefficient (Wildman–Crippen LogP) is 4.00. The van der Waals surface area contributed by atoms with Crippen LogP contribution in [0.2, 0.25) is 0 Å². The standard InChI is InChI=1S/C16H19F3N2/c1-2-8-21-9-6-11-13(7-10-21)20-14-5-3-4-12(15(11)14)16(17,18)19/h3-5,20H,2,6-10H2,1H3. The van der Waals surface area contributed by atoms with Crippen molar-refractivity contribution in [1.29, 1.82) is 0 Å². The maximum atomic E-state index is 13.2. The molecule has 0 aliphatic carbocycles. The van der Waals surface area contributed by atoms with Crippen molar-refractivity contribution in [2.75, 3.05) is 19.6 Å². The molecule has 1 aliphatic rings. The largest absolute Gasteiger partial charge is 0.417 e. The van der Waals surface area contributed by atoms with Crippen LogP contribution in [0, 0.1) is 0 Å². The Kier molecular flexibility index (Phi) is 3.69. The first-order valence-corrected chi connectivity index (χ1v) is 7.42. The van der Waals surface area contributed by atoms with Crippen molar-refractivity contribution in [2.45, 2.75) is 32.4 Å². The van der Waals surface area contributed by atoms with Gasteiger partial charge in [-0.2, -0.15) is 13.2 Å². The SMILES string of the molecule is CCCN1CCc2[nH]c3cccc(C(F)(F)F)c3c2CC1. The number of nitrogens with zero attached hydrogens (tertiary/aromatic N) is 1. The van der Waals surface area contributed by atoms with E-state index in [0.717, 1.165) is 43.7 Å². The van der Waals surface area contributed by atoms with Gasteiger partial charge in [-0.1, -0.05) is 13.0 Å². The zero-order chi connectivity index (χ0) is 15.0. The first-order valence-electron chi connectivity index (χ1n) is 7.42. The summed E-state index contributed by atoms with van der Waals surface area (Å²) >= 11 is 0. The van der Waals surface area contributed by atoms with Crippen molar-refractivity contribution in [2.24, 2.45) is 0 Å². The summed E-state index contributed by atoms with van der Waals surface area (Å²) < 4.78 is 39.7. The Labute approximate surface area is 121 Å². The van der Waals surface area contributed by atoms with Gasteiger partial charge in [0, 0.05) is 36.1 Å². The highest BCUT2D eigenvalue weighted by molar-refractivity contribution is 5.88. The molecule has 2 nitrogen and oxygen atoms in total. The molecule has 3 rings (SSSR count). The predicted molar refractivity (Wildman–Crippen MR) is 77.4 cm³/mol. The lowest BCUT2D eigenvalue weighted by molar-refractivity contribution is -0.136. The van der Waals surface area contributed by atoms with Gasteiger partial charge >= 0.3 is 6.18 Å². The molecule has 1 aromatic heterocycles. The fourth-order valence-corrected chi connectivity index (χ4v) is 3.29. The monoisotopic (exact) mass is 296 g/mol. The normalized spacial score (nSPS) is 17.0. The van der Waals surface area contributed by atoms with E-state index in [4.69, 9.17) is 0 Å². The Morgan fingerprint density at radius 1 is 1.19 bits per heavy atom. The zero-order valence-electron chi connectivity index (χ0n) is 12.1. The van der Waals surface area contributed by atoms with E-state index < -0.39 is 11.7 Å². The lowest BCUT2D eigenvalue weighted by Gasteiger charge is -2.18. The van der Waals surface area contributed by atoms with Crippen LogP contribution in [0.1, 0.15) is 30.2 Å². The van der Waals surface area contributed by atoms with Crippen LogP contribution in [-0.4, -0.2) is 29.5 Å². The Morgan fingerprint density at radius 2 is 1.95 bits per heavy atom. The van der Waals surface area contributed by atoms with Crippen molar-refractivity contribution in [1.82, 2.24) is 9.88 Å². The van der Waals surface area contributed by atoms with Gasteiger partial charge in [-0.25, -0.2) is 0 Å². The molecular weight excluding hydrogens is 277 g/mol. The summed E-state index contributed by atoms with van der Waals surface area (Å²) in [5.74, 6) is 0. The van der Waals surface area contributed by atoms with Crippen LogP contribution < -0.4 is 0 Å². The number of nitrogens with one attached hydrogen (secondary N) is 1. The summed E-state index contributed by atoms with van der Waals surface area (Å²) in [6.45, 7) is 4.88. The van der Waals surface area contributed by atoms with E-state index in [2.05, 4.69) is 16.8 Å². The molecule has 0 saturated carbocycles. The molecule has 21 heavy (non-hydrogen) atoms. The molecule has 0 amide bonds. The van der Waals surface area contributed by atoms with Crippen LogP contribution in [0.4, 0.5) is 13.2 Å². The first kappa shape index (κ1) is 14.4. The first-order chi connectivity index (χ1) is 10.0. The quantitative estimate of drug-likeness (QED) is 0.887. The molecule has 0 bridgehead atoms. The average Bonchev–Trinajstić information content (AvgIpc) is 2.67. The highest BCUT2D eigenvalue weighted by atomic mass is 19.4. The Balaban J connectivity index is 2.06. The molecule has 0 radical (unpaired) electrons. The topological polar surface area (TPSA) is 19.0 Å². The van der Waals surface area contributed by atoms with Crippen molar-refractivity contribution in [3.05, 3.63) is 35.0 Å². The minimum absolute atomic E-state index is 0.373. The molecule has 0 unspecified atom stereocenters. The van der Waals surface area contributed by atoms with Crippen molar-refractivity contribution >= 4 is 10.9 Å². The summed E-state index contributed by atoms with van der Waals surface area (Å²) in [6.07, 6.45) is -1.75. The van der Waals surface area contributed by atoms with Gasteiger partial charge in [0.2, 0.25) is 0 Å². The minimum Gasteiger partial charge on any atom is -0.358 e. The second-order valence-corrected chi connectivity index (χ2v) is 5.65. The Morgan fingerprint density at radius 3 is 2.67 bits per heavy atom. The van der Waals surface area contributed by atoms with Crippen LogP contribution in [0.25, 0.3) is 10.9 Å². The van der Waals surface area contributed by atoms with Crippen molar-refractivity contribution in [3.8, 4) is 0 Å². The van der Waals surface area contributed by atoms with E-state index in [1.54, 1.807) is 6.07 Å². The number of fused-ring (bicyclic) bond motifs is 3. The van der Waals surface area contributed by atoms with Crippen LogP contribution in [0.3, 0.4) is 0 Å². The summed E-state index contributed by atoms with van der Waals surface area (Å²) in [4.78, 5) is 5.53. The van der Waals surface area contributed by atoms with Crippen molar-refractivity contribution in [3.63, 3.8) is 0 Å². The number of halogens is 3. The molecule has 0 saturated heterocycles. The summed E-state index contributed by atoms with van der Waals surface area (Å²) in [5.41, 5.74) is 1.93. The molecule has 114 valence electrons. The number of H-pyrrole nitrogens is 1. The molecule has 2 aromatic rings. The molecule has 0 atom stereocenters. The average molecular weight is 296 g/mol. The maximum Gasteiger partial charge on any atom is 0.417 e. The smallest absolute Gasteiger partial charge is 0.358 e. The molecule has 0 fully saturated rings. The van der Waals surface area contributed by atoms with Gasteiger partial charge in [0.1, 0.15) is 0 Å². The van der Waals surface area contributed by atoms with Crippen LogP contribution >= 0.6 is 0 Å². The minimum atomic E-state index is -4.30. The summed E-state index contributed by atoms with van der Waals surface area (Å²) in [7, 11) is 0. The fourth-order valence-electron chi connectivity index (χ4n) is 3.29. The molecular formula is C16H19F3N2. The highest BCUT2D eigenvalue weighted by Gasteiger charge is 2.34. The second-order valence-electron chi connectivity index (χ2n) is 5.65. The number of aromatic amines is 1. The molecule has 0 spiro atoms. The van der Waals surface area contributed by atoms with Gasteiger partial charge < -0.3 is 9.88 Å². The molecule has 1 aromatic carbocycles. The number of aromatic nitrogens is 1. The second kappa shape index (κ2) is 5.37. The highest BCUT2D eigenvalue weighted by Crippen LogP contribution is 2.38. The molecule has 1 N–H and O–H groups in total. The third-order valence-corrected chi connectivity index (χ3v) is 4.22. The van der Waals surface area contributed by atoms with E-state index in [-0.39, 0.29) is 0 Å². The number of rotatable bonds is 2. The van der Waals surface area contributed by atoms with Gasteiger partial charge in [-0.15, -0.1) is 0 Å². The summed E-state index contributed by atoms with van der Waals surface area (Å²) in [6, 6.07) is 4.40. The van der Waals surface area contributed by atoms with Crippen molar-refractivity contribution < 1.29 is 13.2 Å². The molecule has 5 heteroatoms. The Hall–Kier alpha value is -1.49. The third-order valence-electron chi connectivity index (χ3n) is 4.22.